The lowest BCUT2D eigenvalue weighted by Gasteiger charge is -2.29. The highest BCUT2D eigenvalue weighted by atomic mass is 16.4. The number of aromatic nitrogens is 3. The van der Waals surface area contributed by atoms with E-state index in [0.29, 0.717) is 18.2 Å². The Morgan fingerprint density at radius 2 is 2.00 bits per heavy atom. The Morgan fingerprint density at radius 3 is 2.70 bits per heavy atom. The van der Waals surface area contributed by atoms with Crippen LogP contribution in [-0.2, 0) is 17.8 Å². The number of carboxylic acids is 1. The van der Waals surface area contributed by atoms with E-state index >= 15 is 0 Å². The van der Waals surface area contributed by atoms with E-state index < -0.39 is 11.9 Å². The van der Waals surface area contributed by atoms with E-state index in [1.54, 1.807) is 0 Å². The summed E-state index contributed by atoms with van der Waals surface area (Å²) >= 11 is 0. The number of carbonyl (C=O) groups is 1. The lowest BCUT2D eigenvalue weighted by atomic mass is 9.93. The molecule has 2 aliphatic rings. The minimum atomic E-state index is -0.774. The van der Waals surface area contributed by atoms with Gasteiger partial charge in [-0.3, -0.25) is 4.79 Å². The monoisotopic (exact) mass is 278 g/mol. The molecule has 3 rings (SSSR count). The molecule has 1 saturated heterocycles. The van der Waals surface area contributed by atoms with Crippen molar-refractivity contribution in [2.45, 2.75) is 44.6 Å². The Kier molecular flexibility index (Phi) is 3.74. The summed E-state index contributed by atoms with van der Waals surface area (Å²) in [6.45, 7) is 3.15. The van der Waals surface area contributed by atoms with Crippen LogP contribution in [0.2, 0.25) is 0 Å². The lowest BCUT2D eigenvalue weighted by molar-refractivity contribution is -0.139. The lowest BCUT2D eigenvalue weighted by Crippen LogP contribution is -2.31. The van der Waals surface area contributed by atoms with Gasteiger partial charge in [0.2, 0.25) is 0 Å². The summed E-state index contributed by atoms with van der Waals surface area (Å²) in [6, 6.07) is 0. The van der Waals surface area contributed by atoms with Crippen molar-refractivity contribution in [3.63, 3.8) is 0 Å². The number of rotatable bonds is 3. The third kappa shape index (κ3) is 2.57. The van der Waals surface area contributed by atoms with Crippen molar-refractivity contribution in [1.82, 2.24) is 19.7 Å². The molecule has 0 bridgehead atoms. The van der Waals surface area contributed by atoms with Crippen molar-refractivity contribution < 1.29 is 9.90 Å². The first-order chi connectivity index (χ1) is 9.65. The molecule has 110 valence electrons. The highest BCUT2D eigenvalue weighted by molar-refractivity contribution is 5.75. The Bertz CT molecular complexity index is 491. The summed E-state index contributed by atoms with van der Waals surface area (Å²) in [5.41, 5.74) is 0. The van der Waals surface area contributed by atoms with Crippen LogP contribution in [0.15, 0.2) is 0 Å². The smallest absolute Gasteiger partial charge is 0.314 e. The molecule has 1 aromatic rings. The van der Waals surface area contributed by atoms with Crippen molar-refractivity contribution >= 4 is 5.97 Å². The minimum Gasteiger partial charge on any atom is -0.481 e. The molecule has 6 heteroatoms. The summed E-state index contributed by atoms with van der Waals surface area (Å²) < 4.78 is 2.06. The van der Waals surface area contributed by atoms with Crippen molar-refractivity contribution in [2.75, 3.05) is 20.1 Å². The fraction of sp³-hybridized carbons (Fsp3) is 0.786. The Balaban J connectivity index is 1.74. The zero-order chi connectivity index (χ0) is 14.1. The van der Waals surface area contributed by atoms with Crippen molar-refractivity contribution in [3.05, 3.63) is 11.6 Å². The number of nitrogens with zero attached hydrogens (tertiary/aromatic N) is 4. The zero-order valence-electron chi connectivity index (χ0n) is 12.0. The molecule has 20 heavy (non-hydrogen) atoms. The first kappa shape index (κ1) is 13.5. The van der Waals surface area contributed by atoms with Gasteiger partial charge in [-0.05, 0) is 51.7 Å². The molecule has 0 aliphatic carbocycles. The molecule has 0 amide bonds. The molecule has 1 aromatic heterocycles. The van der Waals surface area contributed by atoms with Gasteiger partial charge in [-0.1, -0.05) is 0 Å². The van der Waals surface area contributed by atoms with E-state index in [1.807, 2.05) is 0 Å². The van der Waals surface area contributed by atoms with Gasteiger partial charge in [0, 0.05) is 13.0 Å². The number of piperidine rings is 1. The number of hydrogen-bond donors (Lipinski definition) is 1. The van der Waals surface area contributed by atoms with Crippen molar-refractivity contribution in [2.24, 2.45) is 5.92 Å². The molecule has 0 radical (unpaired) electrons. The minimum absolute atomic E-state index is 0.470. The van der Waals surface area contributed by atoms with Crippen LogP contribution in [0.25, 0.3) is 0 Å². The largest absolute Gasteiger partial charge is 0.481 e. The molecule has 1 fully saturated rings. The second-order valence-electron chi connectivity index (χ2n) is 6.11. The van der Waals surface area contributed by atoms with Crippen LogP contribution in [0.1, 0.15) is 43.3 Å². The number of hydrogen-bond acceptors (Lipinski definition) is 4. The van der Waals surface area contributed by atoms with E-state index in [1.165, 1.54) is 12.8 Å². The Morgan fingerprint density at radius 1 is 1.25 bits per heavy atom. The third-order valence-corrected chi connectivity index (χ3v) is 4.65. The fourth-order valence-electron chi connectivity index (χ4n) is 3.34. The van der Waals surface area contributed by atoms with Gasteiger partial charge in [0.25, 0.3) is 0 Å². The van der Waals surface area contributed by atoms with Gasteiger partial charge in [-0.15, -0.1) is 10.2 Å². The van der Waals surface area contributed by atoms with Gasteiger partial charge in [-0.25, -0.2) is 0 Å². The van der Waals surface area contributed by atoms with Gasteiger partial charge in [0.05, 0.1) is 0 Å². The van der Waals surface area contributed by atoms with Gasteiger partial charge in [-0.2, -0.15) is 0 Å². The second kappa shape index (κ2) is 5.52. The molecular formula is C14H22N4O2. The number of likely N-dealkylation sites (tertiary alicyclic amines) is 1. The first-order valence-electron chi connectivity index (χ1n) is 7.48. The first-order valence-corrected chi connectivity index (χ1v) is 7.48. The predicted octanol–water partition coefficient (Wildman–Crippen LogP) is 1.12. The summed E-state index contributed by atoms with van der Waals surface area (Å²) in [7, 11) is 2.16. The van der Waals surface area contributed by atoms with Gasteiger partial charge in [0.15, 0.2) is 0 Å². The summed E-state index contributed by atoms with van der Waals surface area (Å²) in [6.07, 6.45) is 4.92. The van der Waals surface area contributed by atoms with Crippen LogP contribution in [0, 0.1) is 5.92 Å². The van der Waals surface area contributed by atoms with Gasteiger partial charge >= 0.3 is 5.97 Å². The molecular weight excluding hydrogens is 256 g/mol. The highest BCUT2D eigenvalue weighted by Gasteiger charge is 2.31. The van der Waals surface area contributed by atoms with Gasteiger partial charge in [0.1, 0.15) is 17.6 Å². The maximum absolute atomic E-state index is 11.3. The molecule has 0 spiro atoms. The zero-order valence-corrected chi connectivity index (χ0v) is 12.0. The Hall–Kier alpha value is -1.43. The van der Waals surface area contributed by atoms with Crippen LogP contribution < -0.4 is 0 Å². The Labute approximate surface area is 118 Å². The van der Waals surface area contributed by atoms with E-state index in [2.05, 4.69) is 26.7 Å². The van der Waals surface area contributed by atoms with E-state index in [0.717, 1.165) is 38.3 Å². The van der Waals surface area contributed by atoms with Gasteiger partial charge < -0.3 is 14.6 Å². The predicted molar refractivity (Wildman–Crippen MR) is 73.6 cm³/mol. The molecule has 1 unspecified atom stereocenters. The maximum Gasteiger partial charge on any atom is 0.314 e. The van der Waals surface area contributed by atoms with Crippen molar-refractivity contribution in [1.29, 1.82) is 0 Å². The molecule has 1 N–H and O–H groups in total. The van der Waals surface area contributed by atoms with Crippen LogP contribution in [-0.4, -0.2) is 50.9 Å². The summed E-state index contributed by atoms with van der Waals surface area (Å²) in [4.78, 5) is 13.6. The molecule has 2 aliphatic heterocycles. The second-order valence-corrected chi connectivity index (χ2v) is 6.11. The average molecular weight is 278 g/mol. The highest BCUT2D eigenvalue weighted by Crippen LogP contribution is 2.28. The number of carboxylic acid groups (broad SMARTS) is 1. The summed E-state index contributed by atoms with van der Waals surface area (Å²) in [5.74, 6) is 1.06. The molecule has 3 heterocycles. The third-order valence-electron chi connectivity index (χ3n) is 4.65. The molecule has 0 saturated carbocycles. The van der Waals surface area contributed by atoms with E-state index in [4.69, 9.17) is 0 Å². The quantitative estimate of drug-likeness (QED) is 0.897. The molecule has 6 nitrogen and oxygen atoms in total. The average Bonchev–Trinajstić information content (AvgIpc) is 2.84. The molecule has 1 atom stereocenters. The molecule has 0 aromatic carbocycles. The van der Waals surface area contributed by atoms with E-state index in [-0.39, 0.29) is 0 Å². The van der Waals surface area contributed by atoms with Crippen LogP contribution in [0.3, 0.4) is 0 Å². The maximum atomic E-state index is 11.3. The fourth-order valence-corrected chi connectivity index (χ4v) is 3.34. The summed E-state index contributed by atoms with van der Waals surface area (Å²) in [5, 5.41) is 17.7. The van der Waals surface area contributed by atoms with E-state index in [9.17, 15) is 9.90 Å². The van der Waals surface area contributed by atoms with Crippen LogP contribution in [0.4, 0.5) is 0 Å². The normalized spacial score (nSPS) is 24.6. The SMILES string of the molecule is CN1CCC(Cc2nnc3n2CCCC3C(=O)O)CC1. The number of fused-ring (bicyclic) bond motifs is 1. The topological polar surface area (TPSA) is 71.2 Å². The standard InChI is InChI=1S/C14H22N4O2/c1-17-7-4-10(5-8-17)9-12-15-16-13-11(14(19)20)3-2-6-18(12)13/h10-11H,2-9H2,1H3,(H,19,20). The van der Waals surface area contributed by atoms with Crippen LogP contribution >= 0.6 is 0 Å². The van der Waals surface area contributed by atoms with Crippen molar-refractivity contribution in [3.8, 4) is 0 Å². The number of aliphatic carboxylic acids is 1. The van der Waals surface area contributed by atoms with Crippen LogP contribution in [0.5, 0.6) is 0 Å².